The molecule has 128 valence electrons. The average molecular weight is 334 g/mol. The van der Waals surface area contributed by atoms with Gasteiger partial charge in [-0.3, -0.25) is 4.79 Å². The fraction of sp³-hybridized carbons (Fsp3) is 0.286. The summed E-state index contributed by atoms with van der Waals surface area (Å²) in [6, 6.07) is 16.4. The van der Waals surface area contributed by atoms with Gasteiger partial charge in [0.25, 0.3) is 5.91 Å². The molecule has 4 nitrogen and oxygen atoms in total. The summed E-state index contributed by atoms with van der Waals surface area (Å²) >= 11 is 0. The summed E-state index contributed by atoms with van der Waals surface area (Å²) in [5, 5.41) is 4.69. The van der Waals surface area contributed by atoms with Gasteiger partial charge in [0.1, 0.15) is 11.3 Å². The number of aryl methyl sites for hydroxylation is 1. The zero-order valence-electron chi connectivity index (χ0n) is 14.6. The maximum absolute atomic E-state index is 12.3. The second-order valence-electron chi connectivity index (χ2n) is 6.86. The number of furan rings is 1. The van der Waals surface area contributed by atoms with Crippen LogP contribution in [0.1, 0.15) is 28.1 Å². The quantitative estimate of drug-likeness (QED) is 0.784. The number of hydrogen-bond acceptors (Lipinski definition) is 3. The Balaban J connectivity index is 1.64. The number of amides is 1. The topological polar surface area (TPSA) is 45.5 Å². The molecule has 0 fully saturated rings. The molecule has 0 spiro atoms. The van der Waals surface area contributed by atoms with Crippen molar-refractivity contribution in [1.29, 1.82) is 0 Å². The van der Waals surface area contributed by atoms with E-state index in [2.05, 4.69) is 17.4 Å². The predicted molar refractivity (Wildman–Crippen MR) is 100 cm³/mol. The van der Waals surface area contributed by atoms with Gasteiger partial charge in [-0.05, 0) is 43.2 Å². The molecule has 3 aromatic rings. The van der Waals surface area contributed by atoms with E-state index in [9.17, 15) is 4.79 Å². The average Bonchev–Trinajstić information content (AvgIpc) is 2.99. The molecule has 4 rings (SSSR count). The molecule has 25 heavy (non-hydrogen) atoms. The number of para-hydroxylation sites is 1. The maximum Gasteiger partial charge on any atom is 0.253 e. The number of nitrogens with zero attached hydrogens (tertiary/aromatic N) is 1. The molecular formula is C21H22N2O2. The smallest absolute Gasteiger partial charge is 0.253 e. The molecule has 1 aromatic heterocycles. The van der Waals surface area contributed by atoms with Gasteiger partial charge in [0, 0.05) is 48.8 Å². The maximum atomic E-state index is 12.3. The lowest BCUT2D eigenvalue weighted by molar-refractivity contribution is 0.0828. The highest BCUT2D eigenvalue weighted by atomic mass is 16.3. The minimum Gasteiger partial charge on any atom is -0.461 e. The summed E-state index contributed by atoms with van der Waals surface area (Å²) in [7, 11) is 3.55. The van der Waals surface area contributed by atoms with Crippen LogP contribution in [-0.2, 0) is 12.8 Å². The van der Waals surface area contributed by atoms with Crippen LogP contribution in [0.3, 0.4) is 0 Å². The Hall–Kier alpha value is -2.75. The zero-order valence-corrected chi connectivity index (χ0v) is 14.6. The molecule has 1 N–H and O–H groups in total. The third-order valence-corrected chi connectivity index (χ3v) is 4.84. The summed E-state index contributed by atoms with van der Waals surface area (Å²) in [6.45, 7) is 0. The number of carbonyl (C=O) groups is 1. The zero-order chi connectivity index (χ0) is 17.4. The van der Waals surface area contributed by atoms with Crippen molar-refractivity contribution in [3.63, 3.8) is 0 Å². The van der Waals surface area contributed by atoms with Crippen LogP contribution < -0.4 is 5.32 Å². The van der Waals surface area contributed by atoms with Crippen molar-refractivity contribution in [2.24, 2.45) is 0 Å². The van der Waals surface area contributed by atoms with E-state index in [1.807, 2.05) is 36.4 Å². The SMILES string of the molecule is CN(C)C(=O)c1ccc2oc3c(c2c1)CC(Nc1ccccc1)CC3. The van der Waals surface area contributed by atoms with Crippen LogP contribution in [0.25, 0.3) is 11.0 Å². The summed E-state index contributed by atoms with van der Waals surface area (Å²) < 4.78 is 6.03. The highest BCUT2D eigenvalue weighted by Gasteiger charge is 2.25. The molecular weight excluding hydrogens is 312 g/mol. The molecule has 1 amide bonds. The van der Waals surface area contributed by atoms with Crippen LogP contribution in [0.5, 0.6) is 0 Å². The van der Waals surface area contributed by atoms with Crippen LogP contribution in [0.4, 0.5) is 5.69 Å². The van der Waals surface area contributed by atoms with E-state index in [0.29, 0.717) is 11.6 Å². The third-order valence-electron chi connectivity index (χ3n) is 4.84. The molecule has 4 heteroatoms. The van der Waals surface area contributed by atoms with Crippen molar-refractivity contribution in [2.75, 3.05) is 19.4 Å². The first kappa shape index (κ1) is 15.8. The lowest BCUT2D eigenvalue weighted by Crippen LogP contribution is -2.26. The van der Waals surface area contributed by atoms with E-state index >= 15 is 0 Å². The molecule has 0 saturated carbocycles. The Morgan fingerprint density at radius 3 is 2.72 bits per heavy atom. The highest BCUT2D eigenvalue weighted by Crippen LogP contribution is 2.33. The molecule has 2 aromatic carbocycles. The lowest BCUT2D eigenvalue weighted by atomic mass is 9.91. The number of rotatable bonds is 3. The Morgan fingerprint density at radius 2 is 1.96 bits per heavy atom. The number of nitrogens with one attached hydrogen (secondary N) is 1. The predicted octanol–water partition coefficient (Wildman–Crippen LogP) is 4.10. The first-order valence-electron chi connectivity index (χ1n) is 8.69. The van der Waals surface area contributed by atoms with Crippen molar-refractivity contribution in [1.82, 2.24) is 4.90 Å². The number of carbonyl (C=O) groups excluding carboxylic acids is 1. The van der Waals surface area contributed by atoms with Crippen LogP contribution in [-0.4, -0.2) is 30.9 Å². The minimum absolute atomic E-state index is 0.0200. The molecule has 1 atom stereocenters. The Kier molecular flexibility index (Phi) is 3.96. The summed E-state index contributed by atoms with van der Waals surface area (Å²) in [5.41, 5.74) is 3.97. The Bertz CT molecular complexity index is 912. The van der Waals surface area contributed by atoms with Crippen molar-refractivity contribution in [3.05, 3.63) is 65.4 Å². The number of hydrogen-bond donors (Lipinski definition) is 1. The largest absolute Gasteiger partial charge is 0.461 e. The minimum atomic E-state index is 0.0200. The van der Waals surface area contributed by atoms with Crippen molar-refractivity contribution >= 4 is 22.6 Å². The number of anilines is 1. The van der Waals surface area contributed by atoms with Crippen LogP contribution in [0, 0.1) is 0 Å². The van der Waals surface area contributed by atoms with Crippen LogP contribution in [0.2, 0.25) is 0 Å². The van der Waals surface area contributed by atoms with Crippen LogP contribution in [0.15, 0.2) is 52.9 Å². The summed E-state index contributed by atoms with van der Waals surface area (Å²) in [5.74, 6) is 1.09. The van der Waals surface area contributed by atoms with Crippen molar-refractivity contribution < 1.29 is 9.21 Å². The van der Waals surface area contributed by atoms with Gasteiger partial charge in [0.05, 0.1) is 0 Å². The fourth-order valence-corrected chi connectivity index (χ4v) is 3.56. The van der Waals surface area contributed by atoms with Gasteiger partial charge in [0.15, 0.2) is 0 Å². The fourth-order valence-electron chi connectivity index (χ4n) is 3.56. The Morgan fingerprint density at radius 1 is 1.16 bits per heavy atom. The molecule has 0 radical (unpaired) electrons. The van der Waals surface area contributed by atoms with Crippen molar-refractivity contribution in [2.45, 2.75) is 25.3 Å². The monoisotopic (exact) mass is 334 g/mol. The highest BCUT2D eigenvalue weighted by molar-refractivity contribution is 5.98. The van der Waals surface area contributed by atoms with Crippen LogP contribution >= 0.6 is 0 Å². The Labute approximate surface area is 147 Å². The second-order valence-corrected chi connectivity index (χ2v) is 6.86. The standard InChI is InChI=1S/C21H22N2O2/c1-23(2)21(24)14-8-10-19-17(12-14)18-13-16(9-11-20(18)25-19)22-15-6-4-3-5-7-15/h3-8,10,12,16,22H,9,11,13H2,1-2H3. The van der Waals surface area contributed by atoms with Gasteiger partial charge in [-0.25, -0.2) is 0 Å². The molecule has 1 aliphatic carbocycles. The van der Waals surface area contributed by atoms with Gasteiger partial charge < -0.3 is 14.6 Å². The van der Waals surface area contributed by atoms with Gasteiger partial charge in [-0.15, -0.1) is 0 Å². The molecule has 1 heterocycles. The van der Waals surface area contributed by atoms with E-state index in [4.69, 9.17) is 4.42 Å². The van der Waals surface area contributed by atoms with E-state index < -0.39 is 0 Å². The molecule has 0 saturated heterocycles. The molecule has 0 bridgehead atoms. The van der Waals surface area contributed by atoms with E-state index in [0.717, 1.165) is 41.7 Å². The van der Waals surface area contributed by atoms with Gasteiger partial charge >= 0.3 is 0 Å². The van der Waals surface area contributed by atoms with Crippen molar-refractivity contribution in [3.8, 4) is 0 Å². The van der Waals surface area contributed by atoms with Gasteiger partial charge in [-0.2, -0.15) is 0 Å². The lowest BCUT2D eigenvalue weighted by Gasteiger charge is -2.23. The van der Waals surface area contributed by atoms with E-state index in [-0.39, 0.29) is 5.91 Å². The number of benzene rings is 2. The third kappa shape index (κ3) is 3.00. The molecule has 0 aliphatic heterocycles. The second kappa shape index (κ2) is 6.28. The van der Waals surface area contributed by atoms with E-state index in [1.54, 1.807) is 19.0 Å². The van der Waals surface area contributed by atoms with Gasteiger partial charge in [0.2, 0.25) is 0 Å². The molecule has 1 aliphatic rings. The first-order chi connectivity index (χ1) is 12.1. The summed E-state index contributed by atoms with van der Waals surface area (Å²) in [6.07, 6.45) is 2.88. The molecule has 1 unspecified atom stereocenters. The summed E-state index contributed by atoms with van der Waals surface area (Å²) in [4.78, 5) is 13.9. The van der Waals surface area contributed by atoms with E-state index in [1.165, 1.54) is 5.56 Å². The first-order valence-corrected chi connectivity index (χ1v) is 8.69. The normalized spacial score (nSPS) is 16.5. The number of fused-ring (bicyclic) bond motifs is 3. The van der Waals surface area contributed by atoms with Gasteiger partial charge in [-0.1, -0.05) is 18.2 Å².